The molecule has 2 heteroatoms. The second-order valence-electron chi connectivity index (χ2n) is 5.52. The average Bonchev–Trinajstić information content (AvgIpc) is 2.37. The van der Waals surface area contributed by atoms with Crippen molar-refractivity contribution in [3.63, 3.8) is 0 Å². The highest BCUT2D eigenvalue weighted by atomic mass is 32.2. The van der Waals surface area contributed by atoms with Crippen LogP contribution in [0.25, 0.3) is 0 Å². The first-order valence-electron chi connectivity index (χ1n) is 5.28. The first kappa shape index (κ1) is 9.85. The van der Waals surface area contributed by atoms with Crippen molar-refractivity contribution in [2.24, 2.45) is 23.0 Å². The van der Waals surface area contributed by atoms with E-state index in [0.717, 1.165) is 17.6 Å². The van der Waals surface area contributed by atoms with Gasteiger partial charge in [-0.2, -0.15) is 11.8 Å². The van der Waals surface area contributed by atoms with E-state index in [4.69, 9.17) is 5.73 Å². The minimum atomic E-state index is 0.159. The summed E-state index contributed by atoms with van der Waals surface area (Å²) in [6.07, 6.45) is 6.23. The van der Waals surface area contributed by atoms with Crippen molar-refractivity contribution in [2.75, 3.05) is 12.0 Å². The molecule has 0 saturated heterocycles. The molecule has 13 heavy (non-hydrogen) atoms. The molecule has 2 unspecified atom stereocenters. The Morgan fingerprint density at radius 2 is 2.08 bits per heavy atom. The molecule has 2 bridgehead atoms. The molecule has 0 aliphatic heterocycles. The molecule has 3 atom stereocenters. The Hall–Kier alpha value is 0.310. The van der Waals surface area contributed by atoms with E-state index in [0.29, 0.717) is 5.41 Å². The third-order valence-corrected chi connectivity index (χ3v) is 5.31. The van der Waals surface area contributed by atoms with Crippen molar-refractivity contribution in [1.29, 1.82) is 0 Å². The first-order valence-corrected chi connectivity index (χ1v) is 6.68. The third kappa shape index (κ3) is 1.25. The van der Waals surface area contributed by atoms with Gasteiger partial charge in [-0.05, 0) is 42.8 Å². The third-order valence-electron chi connectivity index (χ3n) is 4.49. The minimum Gasteiger partial charge on any atom is -0.324 e. The van der Waals surface area contributed by atoms with Gasteiger partial charge in [-0.3, -0.25) is 0 Å². The Labute approximate surface area is 85.8 Å². The maximum atomic E-state index is 6.51. The summed E-state index contributed by atoms with van der Waals surface area (Å²) in [6, 6.07) is 0. The van der Waals surface area contributed by atoms with E-state index in [1.165, 1.54) is 19.3 Å². The fourth-order valence-corrected chi connectivity index (χ4v) is 4.68. The van der Waals surface area contributed by atoms with E-state index in [9.17, 15) is 0 Å². The van der Waals surface area contributed by atoms with Crippen LogP contribution in [0.3, 0.4) is 0 Å². The molecule has 0 aromatic rings. The Morgan fingerprint density at radius 3 is 2.46 bits per heavy atom. The van der Waals surface area contributed by atoms with Gasteiger partial charge in [-0.15, -0.1) is 0 Å². The number of rotatable bonds is 2. The van der Waals surface area contributed by atoms with Crippen LogP contribution in [0, 0.1) is 17.3 Å². The zero-order valence-corrected chi connectivity index (χ0v) is 9.79. The summed E-state index contributed by atoms with van der Waals surface area (Å²) in [7, 11) is 0. The Bertz CT molecular complexity index is 214. The van der Waals surface area contributed by atoms with E-state index in [1.807, 2.05) is 11.8 Å². The number of nitrogens with two attached hydrogens (primary N) is 1. The van der Waals surface area contributed by atoms with Crippen LogP contribution in [-0.4, -0.2) is 17.5 Å². The predicted octanol–water partition coefficient (Wildman–Crippen LogP) is 2.50. The van der Waals surface area contributed by atoms with E-state index >= 15 is 0 Å². The van der Waals surface area contributed by atoms with Crippen LogP contribution < -0.4 is 5.73 Å². The van der Waals surface area contributed by atoms with E-state index < -0.39 is 0 Å². The van der Waals surface area contributed by atoms with Crippen molar-refractivity contribution in [3.8, 4) is 0 Å². The minimum absolute atomic E-state index is 0.159. The Kier molecular flexibility index (Phi) is 2.20. The molecule has 2 N–H and O–H groups in total. The number of fused-ring (bicyclic) bond motifs is 2. The van der Waals surface area contributed by atoms with E-state index in [1.54, 1.807) is 0 Å². The molecule has 2 rings (SSSR count). The van der Waals surface area contributed by atoms with Crippen molar-refractivity contribution in [1.82, 2.24) is 0 Å². The van der Waals surface area contributed by atoms with Gasteiger partial charge in [0.25, 0.3) is 0 Å². The molecule has 0 radical (unpaired) electrons. The molecule has 1 nitrogen and oxygen atoms in total. The standard InChI is InChI=1S/C11H21NS/c1-10(2)8-4-5-9(10)11(12,6-8)7-13-3/h8-9H,4-7,12H2,1-3H3/t8?,9?,11-/m0/s1. The molecular weight excluding hydrogens is 178 g/mol. The smallest absolute Gasteiger partial charge is 0.0282 e. The van der Waals surface area contributed by atoms with Crippen LogP contribution in [0.4, 0.5) is 0 Å². The molecule has 2 aliphatic rings. The molecule has 0 aromatic heterocycles. The number of hydrogen-bond donors (Lipinski definition) is 1. The Morgan fingerprint density at radius 1 is 1.38 bits per heavy atom. The van der Waals surface area contributed by atoms with Crippen LogP contribution in [-0.2, 0) is 0 Å². The molecule has 0 heterocycles. The van der Waals surface area contributed by atoms with Gasteiger partial charge < -0.3 is 5.73 Å². The van der Waals surface area contributed by atoms with Gasteiger partial charge in [-0.25, -0.2) is 0 Å². The van der Waals surface area contributed by atoms with Crippen LogP contribution >= 0.6 is 11.8 Å². The van der Waals surface area contributed by atoms with Crippen molar-refractivity contribution in [3.05, 3.63) is 0 Å². The van der Waals surface area contributed by atoms with Crippen molar-refractivity contribution < 1.29 is 0 Å². The zero-order valence-electron chi connectivity index (χ0n) is 8.97. The monoisotopic (exact) mass is 199 g/mol. The quantitative estimate of drug-likeness (QED) is 0.739. The van der Waals surface area contributed by atoms with E-state index in [-0.39, 0.29) is 5.54 Å². The molecule has 76 valence electrons. The Balaban J connectivity index is 2.21. The second-order valence-corrected chi connectivity index (χ2v) is 6.38. The molecule has 0 spiro atoms. The lowest BCUT2D eigenvalue weighted by molar-refractivity contribution is 0.224. The van der Waals surface area contributed by atoms with Crippen LogP contribution in [0.2, 0.25) is 0 Å². The van der Waals surface area contributed by atoms with E-state index in [2.05, 4.69) is 20.1 Å². The first-order chi connectivity index (χ1) is 6.00. The summed E-state index contributed by atoms with van der Waals surface area (Å²) in [5.74, 6) is 2.82. The largest absolute Gasteiger partial charge is 0.324 e. The van der Waals surface area contributed by atoms with Gasteiger partial charge in [0.15, 0.2) is 0 Å². The second kappa shape index (κ2) is 2.90. The predicted molar refractivity (Wildman–Crippen MR) is 59.9 cm³/mol. The van der Waals surface area contributed by atoms with Gasteiger partial charge in [-0.1, -0.05) is 13.8 Å². The summed E-state index contributed by atoms with van der Waals surface area (Å²) >= 11 is 1.91. The lowest BCUT2D eigenvalue weighted by Gasteiger charge is -2.35. The van der Waals surface area contributed by atoms with Gasteiger partial charge in [0, 0.05) is 11.3 Å². The summed E-state index contributed by atoms with van der Waals surface area (Å²) in [4.78, 5) is 0. The molecule has 2 aliphatic carbocycles. The fraction of sp³-hybridized carbons (Fsp3) is 1.00. The van der Waals surface area contributed by atoms with Crippen LogP contribution in [0.1, 0.15) is 33.1 Å². The summed E-state index contributed by atoms with van der Waals surface area (Å²) in [6.45, 7) is 4.84. The zero-order chi connectivity index (χ0) is 9.69. The highest BCUT2D eigenvalue weighted by Crippen LogP contribution is 2.61. The molecule has 2 saturated carbocycles. The van der Waals surface area contributed by atoms with Gasteiger partial charge in [0.1, 0.15) is 0 Å². The SMILES string of the molecule is CSC[C@@]1(N)CC2CCC1C2(C)C. The topological polar surface area (TPSA) is 26.0 Å². The number of hydrogen-bond acceptors (Lipinski definition) is 2. The molecular formula is C11H21NS. The maximum Gasteiger partial charge on any atom is 0.0282 e. The highest BCUT2D eigenvalue weighted by Gasteiger charge is 2.58. The van der Waals surface area contributed by atoms with Gasteiger partial charge >= 0.3 is 0 Å². The summed E-state index contributed by atoms with van der Waals surface area (Å²) in [5, 5.41) is 0. The van der Waals surface area contributed by atoms with Gasteiger partial charge in [0.2, 0.25) is 0 Å². The highest BCUT2D eigenvalue weighted by molar-refractivity contribution is 7.98. The molecule has 0 amide bonds. The van der Waals surface area contributed by atoms with Crippen molar-refractivity contribution >= 4 is 11.8 Å². The lowest BCUT2D eigenvalue weighted by atomic mass is 9.77. The lowest BCUT2D eigenvalue weighted by Crippen LogP contribution is -2.48. The van der Waals surface area contributed by atoms with Crippen molar-refractivity contribution in [2.45, 2.75) is 38.6 Å². The summed E-state index contributed by atoms with van der Waals surface area (Å²) in [5.41, 5.74) is 7.19. The summed E-state index contributed by atoms with van der Waals surface area (Å²) < 4.78 is 0. The average molecular weight is 199 g/mol. The van der Waals surface area contributed by atoms with Crippen LogP contribution in [0.15, 0.2) is 0 Å². The normalized spacial score (nSPS) is 47.1. The van der Waals surface area contributed by atoms with Gasteiger partial charge in [0.05, 0.1) is 0 Å². The molecule has 0 aromatic carbocycles. The molecule has 2 fully saturated rings. The number of thioether (sulfide) groups is 1. The van der Waals surface area contributed by atoms with Crippen LogP contribution in [0.5, 0.6) is 0 Å². The fourth-order valence-electron chi connectivity index (χ4n) is 3.82. The maximum absolute atomic E-state index is 6.51.